The third-order valence-corrected chi connectivity index (χ3v) is 3.82. The molecule has 0 radical (unpaired) electrons. The number of hydrogen-bond acceptors (Lipinski definition) is 5. The number of hydrogen-bond donors (Lipinski definition) is 0. The first-order valence-corrected chi connectivity index (χ1v) is 7.06. The number of fused-ring (bicyclic) bond motifs is 1. The van der Waals surface area contributed by atoms with Crippen molar-refractivity contribution in [2.24, 2.45) is 0 Å². The summed E-state index contributed by atoms with van der Waals surface area (Å²) in [5.74, 6) is 1.03. The highest BCUT2D eigenvalue weighted by molar-refractivity contribution is 9.10. The van der Waals surface area contributed by atoms with Crippen molar-refractivity contribution < 1.29 is 4.74 Å². The topological polar surface area (TPSA) is 41.5 Å². The largest absolute Gasteiger partial charge is 0.359 e. The predicted octanol–water partition coefficient (Wildman–Crippen LogP) is 2.02. The first-order chi connectivity index (χ1) is 8.66. The lowest BCUT2D eigenvalue weighted by Gasteiger charge is -2.36. The Kier molecular flexibility index (Phi) is 3.15. The van der Waals surface area contributed by atoms with Crippen LogP contribution in [0.15, 0.2) is 10.9 Å². The molecule has 1 aromatic heterocycles. The Morgan fingerprint density at radius 2 is 2.22 bits per heavy atom. The molecule has 0 bridgehead atoms. The van der Waals surface area contributed by atoms with Crippen molar-refractivity contribution in [3.05, 3.63) is 10.9 Å². The van der Waals surface area contributed by atoms with Crippen molar-refractivity contribution in [3.8, 4) is 0 Å². The summed E-state index contributed by atoms with van der Waals surface area (Å²) < 4.78 is 6.36. The van der Waals surface area contributed by atoms with E-state index in [9.17, 15) is 0 Å². The molecular formula is C12H17BrN4O. The number of rotatable bonds is 1. The molecule has 2 heterocycles. The van der Waals surface area contributed by atoms with Crippen molar-refractivity contribution >= 4 is 27.4 Å². The van der Waals surface area contributed by atoms with Crippen molar-refractivity contribution in [2.45, 2.75) is 31.8 Å². The molecule has 0 aromatic carbocycles. The Hall–Kier alpha value is -0.880. The second kappa shape index (κ2) is 4.66. The quantitative estimate of drug-likeness (QED) is 0.742. The van der Waals surface area contributed by atoms with E-state index in [1.807, 2.05) is 13.2 Å². The maximum Gasteiger partial charge on any atom is 0.198 e. The average Bonchev–Trinajstić information content (AvgIpc) is 3.12. The molecule has 1 unspecified atom stereocenters. The summed E-state index contributed by atoms with van der Waals surface area (Å²) in [6.07, 6.45) is 4.35. The molecule has 1 aliphatic carbocycles. The fraction of sp³-hybridized carbons (Fsp3) is 0.667. The molecule has 1 aromatic rings. The maximum absolute atomic E-state index is 5.71. The minimum Gasteiger partial charge on any atom is -0.359 e. The Balaban J connectivity index is 2.07. The lowest BCUT2D eigenvalue weighted by atomic mass is 10.2. The van der Waals surface area contributed by atoms with E-state index in [0.29, 0.717) is 23.5 Å². The van der Waals surface area contributed by atoms with Crippen LogP contribution in [0.25, 0.3) is 0 Å². The van der Waals surface area contributed by atoms with Gasteiger partial charge in [-0.1, -0.05) is 0 Å². The smallest absolute Gasteiger partial charge is 0.198 e. The minimum atomic E-state index is 0.353. The minimum absolute atomic E-state index is 0.353. The van der Waals surface area contributed by atoms with Crippen LogP contribution in [0.2, 0.25) is 0 Å². The zero-order valence-corrected chi connectivity index (χ0v) is 12.2. The van der Waals surface area contributed by atoms with Gasteiger partial charge in [-0.3, -0.25) is 0 Å². The van der Waals surface area contributed by atoms with Gasteiger partial charge in [0, 0.05) is 13.1 Å². The molecule has 1 fully saturated rings. The molecule has 3 rings (SSSR count). The highest BCUT2D eigenvalue weighted by Gasteiger charge is 2.36. The summed E-state index contributed by atoms with van der Waals surface area (Å²) in [5.41, 5.74) is 1.04. The van der Waals surface area contributed by atoms with E-state index in [0.717, 1.165) is 18.1 Å². The van der Waals surface area contributed by atoms with Gasteiger partial charge in [0.2, 0.25) is 0 Å². The molecule has 98 valence electrons. The molecule has 6 heteroatoms. The van der Waals surface area contributed by atoms with E-state index >= 15 is 0 Å². The van der Waals surface area contributed by atoms with Crippen molar-refractivity contribution in [1.82, 2.24) is 9.97 Å². The van der Waals surface area contributed by atoms with E-state index < -0.39 is 0 Å². The van der Waals surface area contributed by atoms with E-state index in [4.69, 9.17) is 4.74 Å². The predicted molar refractivity (Wildman–Crippen MR) is 73.9 cm³/mol. The number of aromatic nitrogens is 2. The van der Waals surface area contributed by atoms with Gasteiger partial charge in [0.1, 0.15) is 12.4 Å². The second-order valence-electron chi connectivity index (χ2n) is 5.03. The van der Waals surface area contributed by atoms with Gasteiger partial charge >= 0.3 is 0 Å². The van der Waals surface area contributed by atoms with Gasteiger partial charge in [-0.15, -0.1) is 0 Å². The lowest BCUT2D eigenvalue weighted by molar-refractivity contribution is 0.121. The summed E-state index contributed by atoms with van der Waals surface area (Å²) in [4.78, 5) is 13.3. The van der Waals surface area contributed by atoms with Crippen LogP contribution in [0.1, 0.15) is 19.8 Å². The van der Waals surface area contributed by atoms with Gasteiger partial charge in [-0.2, -0.15) is 0 Å². The summed E-state index contributed by atoms with van der Waals surface area (Å²) in [6, 6.07) is 0.961. The van der Waals surface area contributed by atoms with Crippen LogP contribution in [-0.2, 0) is 4.74 Å². The number of halogens is 1. The molecule has 1 aliphatic heterocycles. The van der Waals surface area contributed by atoms with E-state index in [-0.39, 0.29) is 0 Å². The zero-order valence-electron chi connectivity index (χ0n) is 10.6. The van der Waals surface area contributed by atoms with E-state index in [1.54, 1.807) is 0 Å². The van der Waals surface area contributed by atoms with Crippen LogP contribution in [0, 0.1) is 0 Å². The number of nitrogens with zero attached hydrogens (tertiary/aromatic N) is 4. The van der Waals surface area contributed by atoms with Crippen LogP contribution < -0.4 is 9.80 Å². The Morgan fingerprint density at radius 1 is 1.44 bits per heavy atom. The monoisotopic (exact) mass is 312 g/mol. The molecule has 0 saturated heterocycles. The van der Waals surface area contributed by atoms with Crippen LogP contribution in [0.5, 0.6) is 0 Å². The van der Waals surface area contributed by atoms with Crippen LogP contribution in [-0.4, -0.2) is 42.4 Å². The zero-order chi connectivity index (χ0) is 12.7. The maximum atomic E-state index is 5.71. The first-order valence-electron chi connectivity index (χ1n) is 6.26. The molecule has 0 amide bonds. The van der Waals surface area contributed by atoms with Gasteiger partial charge in [0.15, 0.2) is 10.6 Å². The van der Waals surface area contributed by atoms with E-state index in [1.165, 1.54) is 12.8 Å². The second-order valence-corrected chi connectivity index (χ2v) is 5.74. The van der Waals surface area contributed by atoms with Crippen LogP contribution >= 0.6 is 15.9 Å². The average molecular weight is 313 g/mol. The summed E-state index contributed by atoms with van der Waals surface area (Å²) in [7, 11) is 2.01. The summed E-state index contributed by atoms with van der Waals surface area (Å²) in [5, 5.41) is 0. The third-order valence-electron chi connectivity index (χ3n) is 3.44. The van der Waals surface area contributed by atoms with Gasteiger partial charge in [-0.05, 0) is 35.7 Å². The standard InChI is InChI=1S/C12H17BrN4O/c1-8-6-18-7-16(2)10-5-14-12(13)15-11(10)17(8)9-3-4-9/h5,8-9H,3-4,6-7H2,1-2H3. The van der Waals surface area contributed by atoms with Gasteiger partial charge in [-0.25, -0.2) is 9.97 Å². The van der Waals surface area contributed by atoms with Crippen LogP contribution in [0.4, 0.5) is 11.5 Å². The van der Waals surface area contributed by atoms with Crippen molar-refractivity contribution in [3.63, 3.8) is 0 Å². The molecule has 18 heavy (non-hydrogen) atoms. The Labute approximate surface area is 115 Å². The molecule has 1 atom stereocenters. The van der Waals surface area contributed by atoms with E-state index in [2.05, 4.69) is 42.6 Å². The molecule has 0 N–H and O–H groups in total. The van der Waals surface area contributed by atoms with Gasteiger partial charge in [0.05, 0.1) is 18.8 Å². The molecule has 0 spiro atoms. The fourth-order valence-corrected chi connectivity index (χ4v) is 2.68. The first kappa shape index (κ1) is 12.2. The normalized spacial score (nSPS) is 24.5. The lowest BCUT2D eigenvalue weighted by Crippen LogP contribution is -2.43. The Morgan fingerprint density at radius 3 is 2.94 bits per heavy atom. The Bertz CT molecular complexity index is 452. The van der Waals surface area contributed by atoms with Crippen molar-refractivity contribution in [1.29, 1.82) is 0 Å². The highest BCUT2D eigenvalue weighted by atomic mass is 79.9. The molecule has 5 nitrogen and oxygen atoms in total. The fourth-order valence-electron chi connectivity index (χ4n) is 2.41. The molecule has 1 saturated carbocycles. The van der Waals surface area contributed by atoms with Crippen LogP contribution in [0.3, 0.4) is 0 Å². The summed E-state index contributed by atoms with van der Waals surface area (Å²) >= 11 is 3.37. The van der Waals surface area contributed by atoms with Gasteiger partial charge < -0.3 is 14.5 Å². The van der Waals surface area contributed by atoms with Gasteiger partial charge in [0.25, 0.3) is 0 Å². The molecular weight excluding hydrogens is 296 g/mol. The number of anilines is 2. The number of ether oxygens (including phenoxy) is 1. The third kappa shape index (κ3) is 2.19. The summed E-state index contributed by atoms with van der Waals surface area (Å²) in [6.45, 7) is 3.52. The highest BCUT2D eigenvalue weighted by Crippen LogP contribution is 2.38. The molecule has 2 aliphatic rings. The SMILES string of the molecule is CC1COCN(C)c2cnc(Br)nc2N1C1CC1. The van der Waals surface area contributed by atoms with Crippen molar-refractivity contribution in [2.75, 3.05) is 30.2 Å².